The first kappa shape index (κ1) is 16.1. The first-order chi connectivity index (χ1) is 8.82. The van der Waals surface area contributed by atoms with Crippen molar-refractivity contribution >= 4 is 17.5 Å². The van der Waals surface area contributed by atoms with E-state index in [4.69, 9.17) is 0 Å². The molecule has 1 atom stereocenters. The number of thioether (sulfide) groups is 1. The second-order valence-electron chi connectivity index (χ2n) is 4.44. The van der Waals surface area contributed by atoms with Gasteiger partial charge in [0.25, 0.3) is 0 Å². The average molecular weight is 290 g/mol. The van der Waals surface area contributed by atoms with Crippen LogP contribution in [0, 0.1) is 0 Å². The molecule has 0 aliphatic carbocycles. The summed E-state index contributed by atoms with van der Waals surface area (Å²) in [4.78, 5) is 11.7. The maximum Gasteiger partial charge on any atom is 0.416 e. The van der Waals surface area contributed by atoms with Gasteiger partial charge in [0.1, 0.15) is 5.78 Å². The van der Waals surface area contributed by atoms with Gasteiger partial charge in [0, 0.05) is 11.7 Å². The lowest BCUT2D eigenvalue weighted by Gasteiger charge is -2.08. The Kier molecular flexibility index (Phi) is 5.91. The van der Waals surface area contributed by atoms with Gasteiger partial charge < -0.3 is 0 Å². The fourth-order valence-electron chi connectivity index (χ4n) is 1.44. The van der Waals surface area contributed by atoms with Gasteiger partial charge >= 0.3 is 6.18 Å². The molecule has 0 bridgehead atoms. The third-order valence-electron chi connectivity index (χ3n) is 2.79. The summed E-state index contributed by atoms with van der Waals surface area (Å²) in [6.07, 6.45) is -3.13. The molecule has 1 unspecified atom stereocenters. The van der Waals surface area contributed by atoms with E-state index in [1.54, 1.807) is 11.8 Å². The Morgan fingerprint density at radius 1 is 1.26 bits per heavy atom. The summed E-state index contributed by atoms with van der Waals surface area (Å²) in [5.74, 6) is 0.459. The lowest BCUT2D eigenvalue weighted by molar-refractivity contribution is -0.137. The number of carbonyl (C=O) groups excluding carboxylic acids is 1. The maximum atomic E-state index is 12.4. The SMILES string of the molecule is CCC(C)SCC(=O)Cc1ccc(C(F)(F)F)cc1. The monoisotopic (exact) mass is 290 g/mol. The second kappa shape index (κ2) is 6.98. The van der Waals surface area contributed by atoms with E-state index < -0.39 is 11.7 Å². The van der Waals surface area contributed by atoms with Gasteiger partial charge in [0.15, 0.2) is 0 Å². The summed E-state index contributed by atoms with van der Waals surface area (Å²) in [7, 11) is 0. The first-order valence-corrected chi connectivity index (χ1v) is 7.17. The number of carbonyl (C=O) groups is 1. The quantitative estimate of drug-likeness (QED) is 0.775. The molecule has 0 amide bonds. The molecule has 0 aromatic heterocycles. The third-order valence-corrected chi connectivity index (χ3v) is 4.18. The van der Waals surface area contributed by atoms with Crippen LogP contribution in [0.1, 0.15) is 31.4 Å². The van der Waals surface area contributed by atoms with Crippen molar-refractivity contribution in [3.05, 3.63) is 35.4 Å². The van der Waals surface area contributed by atoms with E-state index in [1.807, 2.05) is 0 Å². The molecule has 1 aromatic rings. The standard InChI is InChI=1S/C14H17F3OS/c1-3-10(2)19-9-13(18)8-11-4-6-12(7-5-11)14(15,16)17/h4-7,10H,3,8-9H2,1-2H3. The van der Waals surface area contributed by atoms with E-state index in [-0.39, 0.29) is 12.2 Å². The number of hydrogen-bond acceptors (Lipinski definition) is 2. The van der Waals surface area contributed by atoms with Gasteiger partial charge in [0.05, 0.1) is 11.3 Å². The number of benzene rings is 1. The molecule has 0 saturated heterocycles. The maximum absolute atomic E-state index is 12.4. The number of rotatable bonds is 6. The number of halogens is 3. The molecule has 1 rings (SSSR count). The van der Waals surface area contributed by atoms with E-state index in [2.05, 4.69) is 13.8 Å². The number of ketones is 1. The van der Waals surface area contributed by atoms with E-state index >= 15 is 0 Å². The molecule has 0 spiro atoms. The van der Waals surface area contributed by atoms with Gasteiger partial charge in [-0.15, -0.1) is 0 Å². The van der Waals surface area contributed by atoms with E-state index in [1.165, 1.54) is 12.1 Å². The topological polar surface area (TPSA) is 17.1 Å². The Labute approximate surface area is 115 Å². The second-order valence-corrected chi connectivity index (χ2v) is 5.87. The Bertz CT molecular complexity index is 412. The highest BCUT2D eigenvalue weighted by molar-refractivity contribution is 8.00. The molecule has 0 N–H and O–H groups in total. The summed E-state index contributed by atoms with van der Waals surface area (Å²) >= 11 is 1.58. The summed E-state index contributed by atoms with van der Waals surface area (Å²) in [5.41, 5.74) is -0.0552. The zero-order valence-corrected chi connectivity index (χ0v) is 11.8. The van der Waals surface area contributed by atoms with Crippen molar-refractivity contribution < 1.29 is 18.0 Å². The molecule has 5 heteroatoms. The molecule has 0 saturated carbocycles. The Morgan fingerprint density at radius 2 is 1.84 bits per heavy atom. The summed E-state index contributed by atoms with van der Waals surface area (Å²) in [6, 6.07) is 4.78. The van der Waals surface area contributed by atoms with Gasteiger partial charge in [-0.05, 0) is 24.1 Å². The van der Waals surface area contributed by atoms with Crippen LogP contribution >= 0.6 is 11.8 Å². The minimum absolute atomic E-state index is 0.0464. The molecule has 0 aliphatic heterocycles. The Balaban J connectivity index is 2.51. The number of alkyl halides is 3. The minimum Gasteiger partial charge on any atom is -0.298 e. The molecular formula is C14H17F3OS. The fourth-order valence-corrected chi connectivity index (χ4v) is 2.25. The summed E-state index contributed by atoms with van der Waals surface area (Å²) in [6.45, 7) is 4.11. The van der Waals surface area contributed by atoms with Crippen LogP contribution in [0.2, 0.25) is 0 Å². The molecule has 0 fully saturated rings. The predicted octanol–water partition coefficient (Wildman–Crippen LogP) is 4.35. The van der Waals surface area contributed by atoms with Crippen LogP contribution in [0.3, 0.4) is 0 Å². The van der Waals surface area contributed by atoms with Gasteiger partial charge in [-0.25, -0.2) is 0 Å². The molecule has 1 aromatic carbocycles. The summed E-state index contributed by atoms with van der Waals surface area (Å²) < 4.78 is 37.1. The number of hydrogen-bond donors (Lipinski definition) is 0. The highest BCUT2D eigenvalue weighted by Gasteiger charge is 2.29. The molecule has 0 radical (unpaired) electrons. The Hall–Kier alpha value is -0.970. The molecule has 1 nitrogen and oxygen atoms in total. The van der Waals surface area contributed by atoms with Crippen molar-refractivity contribution in [1.29, 1.82) is 0 Å². The van der Waals surface area contributed by atoms with Crippen molar-refractivity contribution in [3.63, 3.8) is 0 Å². The van der Waals surface area contributed by atoms with E-state index in [0.29, 0.717) is 16.6 Å². The van der Waals surface area contributed by atoms with Gasteiger partial charge in [0.2, 0.25) is 0 Å². The molecule has 0 aliphatic rings. The molecular weight excluding hydrogens is 273 g/mol. The van der Waals surface area contributed by atoms with Gasteiger partial charge in [-0.1, -0.05) is 26.0 Å². The lowest BCUT2D eigenvalue weighted by atomic mass is 10.1. The smallest absolute Gasteiger partial charge is 0.298 e. The third kappa shape index (κ3) is 5.68. The lowest BCUT2D eigenvalue weighted by Crippen LogP contribution is -2.09. The minimum atomic E-state index is -4.32. The summed E-state index contributed by atoms with van der Waals surface area (Å²) in [5, 5.41) is 0.427. The van der Waals surface area contributed by atoms with Gasteiger partial charge in [-0.3, -0.25) is 4.79 Å². The average Bonchev–Trinajstić information content (AvgIpc) is 2.35. The largest absolute Gasteiger partial charge is 0.416 e. The van der Waals surface area contributed by atoms with Crippen LogP contribution in [0.5, 0.6) is 0 Å². The first-order valence-electron chi connectivity index (χ1n) is 6.12. The zero-order valence-electron chi connectivity index (χ0n) is 11.0. The van der Waals surface area contributed by atoms with Crippen LogP contribution in [0.15, 0.2) is 24.3 Å². The Morgan fingerprint density at radius 3 is 2.32 bits per heavy atom. The zero-order chi connectivity index (χ0) is 14.5. The van der Waals surface area contributed by atoms with Crippen molar-refractivity contribution in [2.24, 2.45) is 0 Å². The van der Waals surface area contributed by atoms with Crippen LogP contribution in [-0.4, -0.2) is 16.8 Å². The van der Waals surface area contributed by atoms with Crippen molar-refractivity contribution in [1.82, 2.24) is 0 Å². The van der Waals surface area contributed by atoms with Crippen molar-refractivity contribution in [2.45, 2.75) is 38.1 Å². The van der Waals surface area contributed by atoms with Crippen LogP contribution < -0.4 is 0 Å². The predicted molar refractivity (Wildman–Crippen MR) is 72.4 cm³/mol. The number of Topliss-reactive ketones (excluding diaryl/α,β-unsaturated/α-hetero) is 1. The van der Waals surface area contributed by atoms with Crippen LogP contribution in [0.25, 0.3) is 0 Å². The van der Waals surface area contributed by atoms with E-state index in [9.17, 15) is 18.0 Å². The fraction of sp³-hybridized carbons (Fsp3) is 0.500. The van der Waals surface area contributed by atoms with Crippen molar-refractivity contribution in [2.75, 3.05) is 5.75 Å². The van der Waals surface area contributed by atoms with Crippen LogP contribution in [0.4, 0.5) is 13.2 Å². The van der Waals surface area contributed by atoms with Gasteiger partial charge in [-0.2, -0.15) is 24.9 Å². The molecule has 19 heavy (non-hydrogen) atoms. The molecule has 0 heterocycles. The van der Waals surface area contributed by atoms with Crippen LogP contribution in [-0.2, 0) is 17.4 Å². The van der Waals surface area contributed by atoms with Crippen molar-refractivity contribution in [3.8, 4) is 0 Å². The normalized spacial score (nSPS) is 13.3. The highest BCUT2D eigenvalue weighted by atomic mass is 32.2. The highest BCUT2D eigenvalue weighted by Crippen LogP contribution is 2.29. The van der Waals surface area contributed by atoms with E-state index in [0.717, 1.165) is 18.6 Å². The molecule has 106 valence electrons.